The number of amides is 1. The number of esters is 1. The Labute approximate surface area is 161 Å². The minimum Gasteiger partial charge on any atom is -0.482 e. The molecule has 2 aromatic carbocycles. The molecule has 138 valence electrons. The Morgan fingerprint density at radius 1 is 1.08 bits per heavy atom. The minimum atomic E-state index is -0.920. The van der Waals surface area contributed by atoms with Gasteiger partial charge in [-0.1, -0.05) is 33.6 Å². The van der Waals surface area contributed by atoms with E-state index in [9.17, 15) is 9.59 Å². The summed E-state index contributed by atoms with van der Waals surface area (Å²) < 4.78 is 11.4. The summed E-state index contributed by atoms with van der Waals surface area (Å²) in [5.41, 5.74) is 3.80. The van der Waals surface area contributed by atoms with Crippen LogP contribution in [0.4, 0.5) is 5.69 Å². The van der Waals surface area contributed by atoms with Crippen molar-refractivity contribution in [2.24, 2.45) is 0 Å². The van der Waals surface area contributed by atoms with E-state index >= 15 is 0 Å². The average Bonchev–Trinajstić information content (AvgIpc) is 2.57. The fourth-order valence-corrected chi connectivity index (χ4v) is 2.82. The van der Waals surface area contributed by atoms with E-state index in [0.717, 1.165) is 26.9 Å². The number of rotatable bonds is 6. The van der Waals surface area contributed by atoms with Crippen molar-refractivity contribution in [3.05, 3.63) is 57.6 Å². The zero-order valence-electron chi connectivity index (χ0n) is 15.3. The second kappa shape index (κ2) is 8.85. The normalized spacial score (nSPS) is 11.6. The Kier molecular flexibility index (Phi) is 6.80. The van der Waals surface area contributed by atoms with Crippen molar-refractivity contribution in [2.75, 3.05) is 11.9 Å². The number of hydrogen-bond acceptors (Lipinski definition) is 4. The predicted molar refractivity (Wildman–Crippen MR) is 104 cm³/mol. The summed E-state index contributed by atoms with van der Waals surface area (Å²) in [6.45, 7) is 7.13. The summed E-state index contributed by atoms with van der Waals surface area (Å²) in [6.07, 6.45) is -0.920. The van der Waals surface area contributed by atoms with Gasteiger partial charge in [-0.15, -0.1) is 0 Å². The van der Waals surface area contributed by atoms with Gasteiger partial charge in [0.2, 0.25) is 0 Å². The largest absolute Gasteiger partial charge is 0.482 e. The van der Waals surface area contributed by atoms with Crippen LogP contribution in [0.1, 0.15) is 23.6 Å². The van der Waals surface area contributed by atoms with Crippen molar-refractivity contribution in [3.63, 3.8) is 0 Å². The standard InChI is InChI=1S/C20H22BrNO4/c1-12-9-13(2)19(14(3)10-12)22-20(24)15(4)26-18(23)11-25-17-7-5-16(21)6-8-17/h5-10,15H,11H2,1-4H3,(H,22,24)/t15-/m0/s1. The van der Waals surface area contributed by atoms with Crippen LogP contribution in [-0.2, 0) is 14.3 Å². The van der Waals surface area contributed by atoms with Crippen LogP contribution in [0.25, 0.3) is 0 Å². The highest BCUT2D eigenvalue weighted by molar-refractivity contribution is 9.10. The highest BCUT2D eigenvalue weighted by Crippen LogP contribution is 2.22. The molecule has 1 amide bonds. The number of hydrogen-bond donors (Lipinski definition) is 1. The zero-order chi connectivity index (χ0) is 19.3. The molecule has 2 aromatic rings. The van der Waals surface area contributed by atoms with Crippen LogP contribution in [-0.4, -0.2) is 24.6 Å². The van der Waals surface area contributed by atoms with Crippen molar-refractivity contribution in [1.29, 1.82) is 0 Å². The summed E-state index contributed by atoms with van der Waals surface area (Å²) in [4.78, 5) is 24.2. The molecule has 0 fully saturated rings. The number of halogens is 1. The van der Waals surface area contributed by atoms with Crippen LogP contribution < -0.4 is 10.1 Å². The highest BCUT2D eigenvalue weighted by atomic mass is 79.9. The van der Waals surface area contributed by atoms with E-state index in [0.29, 0.717) is 5.75 Å². The maximum absolute atomic E-state index is 12.3. The topological polar surface area (TPSA) is 64.6 Å². The first-order chi connectivity index (χ1) is 12.3. The number of aryl methyl sites for hydroxylation is 3. The van der Waals surface area contributed by atoms with Crippen molar-refractivity contribution in [2.45, 2.75) is 33.8 Å². The molecule has 0 heterocycles. The predicted octanol–water partition coefficient (Wildman–Crippen LogP) is 4.32. The number of anilines is 1. The molecule has 26 heavy (non-hydrogen) atoms. The SMILES string of the molecule is Cc1cc(C)c(NC(=O)[C@H](C)OC(=O)COc2ccc(Br)cc2)c(C)c1. The van der Waals surface area contributed by atoms with E-state index in [1.54, 1.807) is 12.1 Å². The molecule has 0 saturated heterocycles. The lowest BCUT2D eigenvalue weighted by Gasteiger charge is -2.17. The minimum absolute atomic E-state index is 0.262. The van der Waals surface area contributed by atoms with Crippen LogP contribution in [0, 0.1) is 20.8 Å². The number of carbonyl (C=O) groups excluding carboxylic acids is 2. The van der Waals surface area contributed by atoms with E-state index in [4.69, 9.17) is 9.47 Å². The van der Waals surface area contributed by atoms with Gasteiger partial charge >= 0.3 is 5.97 Å². The molecule has 5 nitrogen and oxygen atoms in total. The molecule has 1 N–H and O–H groups in total. The molecule has 0 saturated carbocycles. The third-order valence-corrected chi connectivity index (χ3v) is 4.30. The quantitative estimate of drug-likeness (QED) is 0.707. The second-order valence-corrected chi connectivity index (χ2v) is 7.05. The number of carbonyl (C=O) groups is 2. The lowest BCUT2D eigenvalue weighted by molar-refractivity contribution is -0.155. The van der Waals surface area contributed by atoms with Crippen LogP contribution in [0.5, 0.6) is 5.75 Å². The van der Waals surface area contributed by atoms with Gasteiger partial charge in [0.1, 0.15) is 5.75 Å². The molecule has 0 aliphatic carbocycles. The van der Waals surface area contributed by atoms with Gasteiger partial charge in [0.05, 0.1) is 0 Å². The number of ether oxygens (including phenoxy) is 2. The average molecular weight is 420 g/mol. The van der Waals surface area contributed by atoms with Crippen LogP contribution >= 0.6 is 15.9 Å². The molecule has 0 aromatic heterocycles. The first-order valence-corrected chi connectivity index (χ1v) is 9.02. The van der Waals surface area contributed by atoms with Gasteiger partial charge in [-0.25, -0.2) is 4.79 Å². The first kappa shape index (κ1) is 20.0. The molecule has 1 atom stereocenters. The number of benzene rings is 2. The van der Waals surface area contributed by atoms with Gasteiger partial charge in [-0.2, -0.15) is 0 Å². The smallest absolute Gasteiger partial charge is 0.344 e. The molecule has 6 heteroatoms. The molecule has 0 aliphatic heterocycles. The Morgan fingerprint density at radius 3 is 2.23 bits per heavy atom. The lowest BCUT2D eigenvalue weighted by Crippen LogP contribution is -2.32. The summed E-state index contributed by atoms with van der Waals surface area (Å²) >= 11 is 3.32. The Balaban J connectivity index is 1.88. The molecular weight excluding hydrogens is 398 g/mol. The van der Waals surface area contributed by atoms with E-state index in [1.165, 1.54) is 6.92 Å². The first-order valence-electron chi connectivity index (χ1n) is 8.23. The molecule has 0 unspecified atom stereocenters. The van der Waals surface area contributed by atoms with Gasteiger partial charge in [-0.05, 0) is 63.1 Å². The third kappa shape index (κ3) is 5.59. The second-order valence-electron chi connectivity index (χ2n) is 6.14. The van der Waals surface area contributed by atoms with E-state index in [2.05, 4.69) is 21.2 Å². The van der Waals surface area contributed by atoms with Gasteiger partial charge in [-0.3, -0.25) is 4.79 Å². The van der Waals surface area contributed by atoms with Gasteiger partial charge < -0.3 is 14.8 Å². The Morgan fingerprint density at radius 2 is 1.65 bits per heavy atom. The van der Waals surface area contributed by atoms with Crippen LogP contribution in [0.2, 0.25) is 0 Å². The van der Waals surface area contributed by atoms with E-state index in [1.807, 2.05) is 45.0 Å². The molecule has 0 spiro atoms. The van der Waals surface area contributed by atoms with E-state index in [-0.39, 0.29) is 12.5 Å². The van der Waals surface area contributed by atoms with Crippen molar-refractivity contribution in [1.82, 2.24) is 0 Å². The summed E-state index contributed by atoms with van der Waals surface area (Å²) in [5, 5.41) is 2.83. The van der Waals surface area contributed by atoms with Crippen molar-refractivity contribution < 1.29 is 19.1 Å². The lowest BCUT2D eigenvalue weighted by atomic mass is 10.0. The molecule has 0 bridgehead atoms. The summed E-state index contributed by atoms with van der Waals surface area (Å²) in [7, 11) is 0. The highest BCUT2D eigenvalue weighted by Gasteiger charge is 2.19. The van der Waals surface area contributed by atoms with Gasteiger partial charge in [0.25, 0.3) is 5.91 Å². The Hall–Kier alpha value is -2.34. The summed E-state index contributed by atoms with van der Waals surface area (Å²) in [6, 6.07) is 11.1. The van der Waals surface area contributed by atoms with Crippen molar-refractivity contribution in [3.8, 4) is 5.75 Å². The Bertz CT molecular complexity index is 779. The molecule has 0 radical (unpaired) electrons. The molecule has 2 rings (SSSR count). The summed E-state index contributed by atoms with van der Waals surface area (Å²) in [5.74, 6) is -0.432. The fourth-order valence-electron chi connectivity index (χ4n) is 2.56. The zero-order valence-corrected chi connectivity index (χ0v) is 16.8. The molecule has 0 aliphatic rings. The number of nitrogens with one attached hydrogen (secondary N) is 1. The van der Waals surface area contributed by atoms with Gasteiger partial charge in [0, 0.05) is 10.2 Å². The van der Waals surface area contributed by atoms with Crippen LogP contribution in [0.15, 0.2) is 40.9 Å². The maximum atomic E-state index is 12.3. The fraction of sp³-hybridized carbons (Fsp3) is 0.300. The maximum Gasteiger partial charge on any atom is 0.344 e. The third-order valence-electron chi connectivity index (χ3n) is 3.77. The van der Waals surface area contributed by atoms with Crippen molar-refractivity contribution >= 4 is 33.5 Å². The van der Waals surface area contributed by atoms with E-state index < -0.39 is 12.1 Å². The van der Waals surface area contributed by atoms with Crippen LogP contribution in [0.3, 0.4) is 0 Å². The van der Waals surface area contributed by atoms with Gasteiger partial charge in [0.15, 0.2) is 12.7 Å². The monoisotopic (exact) mass is 419 g/mol. The molecular formula is C20H22BrNO4.